The minimum Gasteiger partial charge on any atom is -0.378 e. The highest BCUT2D eigenvalue weighted by molar-refractivity contribution is 5.46. The van der Waals surface area contributed by atoms with Gasteiger partial charge in [-0.2, -0.15) is 0 Å². The van der Waals surface area contributed by atoms with E-state index in [0.717, 1.165) is 0 Å². The van der Waals surface area contributed by atoms with Crippen molar-refractivity contribution in [3.8, 4) is 0 Å². The summed E-state index contributed by atoms with van der Waals surface area (Å²) in [6, 6.07) is 9.90. The number of benzene rings is 1. The molecule has 2 atom stereocenters. The van der Waals surface area contributed by atoms with E-state index >= 15 is 0 Å². The number of nitrogens with zero attached hydrogens (tertiary/aromatic N) is 1. The van der Waals surface area contributed by atoms with Crippen molar-refractivity contribution < 1.29 is 0 Å². The number of hydrogen-bond acceptors (Lipinski definition) is 2. The van der Waals surface area contributed by atoms with Crippen molar-refractivity contribution in [3.05, 3.63) is 42.0 Å². The highest BCUT2D eigenvalue weighted by Gasteiger charge is 2.13. The maximum Gasteiger partial charge on any atom is 0.0361 e. The fourth-order valence-electron chi connectivity index (χ4n) is 2.46. The second kappa shape index (κ2) is 6.05. The van der Waals surface area contributed by atoms with Gasteiger partial charge in [0.05, 0.1) is 0 Å². The van der Waals surface area contributed by atoms with Gasteiger partial charge < -0.3 is 10.2 Å². The average molecular weight is 244 g/mol. The minimum atomic E-state index is 0.428. The summed E-state index contributed by atoms with van der Waals surface area (Å²) in [6.45, 7) is 2.25. The molecule has 0 saturated heterocycles. The van der Waals surface area contributed by atoms with Gasteiger partial charge in [-0.25, -0.2) is 0 Å². The first-order chi connectivity index (χ1) is 8.66. The molecule has 0 fully saturated rings. The Morgan fingerprint density at radius 3 is 2.44 bits per heavy atom. The molecule has 2 unspecified atom stereocenters. The van der Waals surface area contributed by atoms with Gasteiger partial charge in [0.25, 0.3) is 0 Å². The number of rotatable bonds is 4. The largest absolute Gasteiger partial charge is 0.378 e. The molecule has 98 valence electrons. The van der Waals surface area contributed by atoms with Crippen LogP contribution in [0, 0.1) is 0 Å². The molecular formula is C16H24N2. The zero-order valence-electron chi connectivity index (χ0n) is 11.7. The Kier molecular flexibility index (Phi) is 4.43. The van der Waals surface area contributed by atoms with Gasteiger partial charge in [0.2, 0.25) is 0 Å². The molecule has 0 bridgehead atoms. The average Bonchev–Trinajstić information content (AvgIpc) is 2.40. The lowest BCUT2D eigenvalue weighted by atomic mass is 9.99. The lowest BCUT2D eigenvalue weighted by molar-refractivity contribution is 0.426. The van der Waals surface area contributed by atoms with Crippen LogP contribution >= 0.6 is 0 Å². The summed E-state index contributed by atoms with van der Waals surface area (Å²) >= 11 is 0. The van der Waals surface area contributed by atoms with Crippen molar-refractivity contribution >= 4 is 5.69 Å². The summed E-state index contributed by atoms with van der Waals surface area (Å²) in [5.74, 6) is 0. The van der Waals surface area contributed by atoms with Crippen molar-refractivity contribution in [2.24, 2.45) is 0 Å². The third-order valence-corrected chi connectivity index (χ3v) is 3.66. The van der Waals surface area contributed by atoms with Crippen molar-refractivity contribution in [2.45, 2.75) is 38.3 Å². The van der Waals surface area contributed by atoms with Crippen LogP contribution in [0.25, 0.3) is 0 Å². The molecule has 1 N–H and O–H groups in total. The van der Waals surface area contributed by atoms with Gasteiger partial charge in [-0.1, -0.05) is 24.3 Å². The van der Waals surface area contributed by atoms with Crippen LogP contribution in [0.3, 0.4) is 0 Å². The molecule has 0 amide bonds. The van der Waals surface area contributed by atoms with Crippen LogP contribution in [0.15, 0.2) is 36.4 Å². The Morgan fingerprint density at radius 1 is 1.17 bits per heavy atom. The Hall–Kier alpha value is -1.28. The molecule has 1 aliphatic rings. The van der Waals surface area contributed by atoms with Gasteiger partial charge in [-0.05, 0) is 43.9 Å². The lowest BCUT2D eigenvalue weighted by Gasteiger charge is -2.24. The van der Waals surface area contributed by atoms with Gasteiger partial charge in [0.15, 0.2) is 0 Å². The number of hydrogen-bond donors (Lipinski definition) is 1. The van der Waals surface area contributed by atoms with Crippen LogP contribution < -0.4 is 10.2 Å². The predicted octanol–water partition coefficient (Wildman–Crippen LogP) is 3.51. The van der Waals surface area contributed by atoms with E-state index in [1.54, 1.807) is 0 Å². The second-order valence-electron chi connectivity index (χ2n) is 5.36. The molecule has 0 aliphatic heterocycles. The Labute approximate surface area is 111 Å². The Balaban J connectivity index is 1.95. The first kappa shape index (κ1) is 13.2. The summed E-state index contributed by atoms with van der Waals surface area (Å²) in [5.41, 5.74) is 2.63. The first-order valence-corrected chi connectivity index (χ1v) is 6.85. The third kappa shape index (κ3) is 3.36. The van der Waals surface area contributed by atoms with Crippen molar-refractivity contribution in [2.75, 3.05) is 19.0 Å². The topological polar surface area (TPSA) is 15.3 Å². The molecule has 1 aromatic carbocycles. The maximum absolute atomic E-state index is 3.72. The fourth-order valence-corrected chi connectivity index (χ4v) is 2.46. The normalized spacial score (nSPS) is 20.7. The molecule has 0 spiro atoms. The predicted molar refractivity (Wildman–Crippen MR) is 79.1 cm³/mol. The number of allylic oxidation sites excluding steroid dienone is 1. The Bertz CT molecular complexity index is 392. The van der Waals surface area contributed by atoms with E-state index in [1.807, 2.05) is 0 Å². The van der Waals surface area contributed by atoms with Gasteiger partial charge in [0.1, 0.15) is 0 Å². The van der Waals surface area contributed by atoms with Crippen LogP contribution in [0.5, 0.6) is 0 Å². The summed E-state index contributed by atoms with van der Waals surface area (Å²) in [4.78, 5) is 2.13. The lowest BCUT2D eigenvalue weighted by Crippen LogP contribution is -2.32. The molecule has 2 heteroatoms. The zero-order chi connectivity index (χ0) is 13.0. The quantitative estimate of drug-likeness (QED) is 0.815. The van der Waals surface area contributed by atoms with Crippen LogP contribution in [0.2, 0.25) is 0 Å². The van der Waals surface area contributed by atoms with Crippen LogP contribution in [0.1, 0.15) is 37.8 Å². The van der Waals surface area contributed by atoms with E-state index in [-0.39, 0.29) is 0 Å². The Morgan fingerprint density at radius 2 is 1.89 bits per heavy atom. The highest BCUT2D eigenvalue weighted by atomic mass is 15.1. The standard InChI is InChI=1S/C16H24N2/c1-13(17-15-7-5-4-6-8-15)14-9-11-16(12-10-14)18(2)3/h4-5,9-13,15,17H,6-8H2,1-3H3. The van der Waals surface area contributed by atoms with E-state index in [0.29, 0.717) is 12.1 Å². The van der Waals surface area contributed by atoms with E-state index in [9.17, 15) is 0 Å². The molecule has 0 heterocycles. The molecule has 1 aliphatic carbocycles. The van der Waals surface area contributed by atoms with E-state index in [2.05, 4.69) is 67.7 Å². The van der Waals surface area contributed by atoms with Crippen LogP contribution in [-0.2, 0) is 0 Å². The first-order valence-electron chi connectivity index (χ1n) is 6.85. The van der Waals surface area contributed by atoms with Crippen molar-refractivity contribution in [3.63, 3.8) is 0 Å². The summed E-state index contributed by atoms with van der Waals surface area (Å²) in [6.07, 6.45) is 8.22. The van der Waals surface area contributed by atoms with E-state index < -0.39 is 0 Å². The molecular weight excluding hydrogens is 220 g/mol. The van der Waals surface area contributed by atoms with E-state index in [4.69, 9.17) is 0 Å². The van der Waals surface area contributed by atoms with Gasteiger partial charge in [-0.15, -0.1) is 0 Å². The second-order valence-corrected chi connectivity index (χ2v) is 5.36. The number of nitrogens with one attached hydrogen (secondary N) is 1. The molecule has 2 rings (SSSR count). The number of anilines is 1. The molecule has 0 radical (unpaired) electrons. The fraction of sp³-hybridized carbons (Fsp3) is 0.500. The van der Waals surface area contributed by atoms with E-state index in [1.165, 1.54) is 30.5 Å². The third-order valence-electron chi connectivity index (χ3n) is 3.66. The van der Waals surface area contributed by atoms with Gasteiger partial charge in [-0.3, -0.25) is 0 Å². The smallest absolute Gasteiger partial charge is 0.0361 e. The summed E-state index contributed by atoms with van der Waals surface area (Å²) in [7, 11) is 4.15. The minimum absolute atomic E-state index is 0.428. The molecule has 0 saturated carbocycles. The zero-order valence-corrected chi connectivity index (χ0v) is 11.7. The SMILES string of the molecule is CC(NC1CC=CCC1)c1ccc(N(C)C)cc1. The van der Waals surface area contributed by atoms with Crippen LogP contribution in [0.4, 0.5) is 5.69 Å². The monoisotopic (exact) mass is 244 g/mol. The molecule has 0 aromatic heterocycles. The molecule has 2 nitrogen and oxygen atoms in total. The maximum atomic E-state index is 3.72. The van der Waals surface area contributed by atoms with Crippen molar-refractivity contribution in [1.29, 1.82) is 0 Å². The van der Waals surface area contributed by atoms with Gasteiger partial charge in [0, 0.05) is 31.9 Å². The molecule has 1 aromatic rings. The summed E-state index contributed by atoms with van der Waals surface area (Å²) < 4.78 is 0. The summed E-state index contributed by atoms with van der Waals surface area (Å²) in [5, 5.41) is 3.72. The highest BCUT2D eigenvalue weighted by Crippen LogP contribution is 2.20. The molecule has 18 heavy (non-hydrogen) atoms. The van der Waals surface area contributed by atoms with Gasteiger partial charge >= 0.3 is 0 Å². The van der Waals surface area contributed by atoms with Crippen molar-refractivity contribution in [1.82, 2.24) is 5.32 Å². The van der Waals surface area contributed by atoms with Crippen LogP contribution in [-0.4, -0.2) is 20.1 Å².